The molecule has 0 atom stereocenters. The molecule has 0 fully saturated rings. The molecule has 1 heterocycles. The van der Waals surface area contributed by atoms with E-state index in [-0.39, 0.29) is 29.6 Å². The summed E-state index contributed by atoms with van der Waals surface area (Å²) in [6.07, 6.45) is 5.61. The highest BCUT2D eigenvalue weighted by Gasteiger charge is 2.16. The molecule has 7 nitrogen and oxygen atoms in total. The monoisotopic (exact) mass is 410 g/mol. The topological polar surface area (TPSA) is 76.4 Å². The predicted molar refractivity (Wildman–Crippen MR) is 95.1 cm³/mol. The Hall–Kier alpha value is -0.900. The predicted octanol–water partition coefficient (Wildman–Crippen LogP) is 1.27. The molecule has 0 saturated heterocycles. The van der Waals surface area contributed by atoms with Crippen LogP contribution in [0.5, 0.6) is 0 Å². The Balaban J connectivity index is 0.00000400. The second-order valence-corrected chi connectivity index (χ2v) is 5.22. The molecule has 0 aliphatic rings. The van der Waals surface area contributed by atoms with Crippen LogP contribution in [-0.2, 0) is 11.3 Å². The average molecular weight is 410 g/mol. The van der Waals surface area contributed by atoms with Gasteiger partial charge in [-0.15, -0.1) is 34.2 Å². The number of aliphatic imine (C=N–C) groups is 1. The van der Waals surface area contributed by atoms with Crippen LogP contribution in [0.3, 0.4) is 0 Å². The summed E-state index contributed by atoms with van der Waals surface area (Å²) in [5, 5.41) is 14.1. The molecule has 8 heteroatoms. The van der Waals surface area contributed by atoms with Crippen molar-refractivity contribution >= 4 is 29.9 Å². The van der Waals surface area contributed by atoms with Crippen LogP contribution >= 0.6 is 24.0 Å². The molecule has 0 bridgehead atoms. The number of nitrogens with one attached hydrogen (secondary N) is 2. The van der Waals surface area contributed by atoms with Crippen molar-refractivity contribution in [2.75, 3.05) is 27.2 Å². The molecule has 0 amide bonds. The van der Waals surface area contributed by atoms with Gasteiger partial charge in [-0.3, -0.25) is 4.99 Å². The van der Waals surface area contributed by atoms with Crippen molar-refractivity contribution < 1.29 is 4.74 Å². The third-order valence-corrected chi connectivity index (χ3v) is 3.06. The van der Waals surface area contributed by atoms with Crippen LogP contribution in [0.4, 0.5) is 0 Å². The summed E-state index contributed by atoms with van der Waals surface area (Å²) in [5.74, 6) is 0.805. The number of ether oxygens (including phenoxy) is 1. The largest absolute Gasteiger partial charge is 0.377 e. The Morgan fingerprint density at radius 3 is 2.48 bits per heavy atom. The number of nitrogens with zero attached hydrogens (tertiary/aromatic N) is 4. The van der Waals surface area contributed by atoms with Crippen molar-refractivity contribution in [3.8, 4) is 0 Å². The third-order valence-electron chi connectivity index (χ3n) is 3.06. The molecular formula is C13H27IN6O. The lowest BCUT2D eigenvalue weighted by Crippen LogP contribution is -2.45. The van der Waals surface area contributed by atoms with Crippen LogP contribution in [0.1, 0.15) is 26.7 Å². The van der Waals surface area contributed by atoms with Gasteiger partial charge < -0.3 is 19.9 Å². The van der Waals surface area contributed by atoms with Crippen molar-refractivity contribution in [3.63, 3.8) is 0 Å². The molecule has 21 heavy (non-hydrogen) atoms. The first-order chi connectivity index (χ1) is 9.57. The zero-order valence-electron chi connectivity index (χ0n) is 13.3. The summed E-state index contributed by atoms with van der Waals surface area (Å²) < 4.78 is 7.34. The fraction of sp³-hybridized carbons (Fsp3) is 0.769. The van der Waals surface area contributed by atoms with E-state index in [0.717, 1.165) is 31.9 Å². The summed E-state index contributed by atoms with van der Waals surface area (Å²) in [6, 6.07) is 0. The van der Waals surface area contributed by atoms with E-state index in [1.54, 1.807) is 26.8 Å². The lowest BCUT2D eigenvalue weighted by Gasteiger charge is -2.24. The van der Waals surface area contributed by atoms with E-state index in [4.69, 9.17) is 4.74 Å². The molecule has 122 valence electrons. The van der Waals surface area contributed by atoms with Crippen molar-refractivity contribution in [1.29, 1.82) is 0 Å². The number of rotatable bonds is 8. The Labute approximate surface area is 144 Å². The third kappa shape index (κ3) is 8.86. The molecule has 0 spiro atoms. The van der Waals surface area contributed by atoms with Crippen LogP contribution < -0.4 is 10.6 Å². The molecule has 0 aromatic carbocycles. The number of aromatic nitrogens is 3. The number of hydrogen-bond acceptors (Lipinski definition) is 4. The van der Waals surface area contributed by atoms with Gasteiger partial charge in [0.1, 0.15) is 12.7 Å². The number of guanidine groups is 1. The van der Waals surface area contributed by atoms with E-state index in [9.17, 15) is 0 Å². The second-order valence-electron chi connectivity index (χ2n) is 5.22. The highest BCUT2D eigenvalue weighted by atomic mass is 127. The highest BCUT2D eigenvalue weighted by molar-refractivity contribution is 14.0. The Morgan fingerprint density at radius 2 is 1.90 bits per heavy atom. The lowest BCUT2D eigenvalue weighted by molar-refractivity contribution is 0.0268. The molecule has 0 aliphatic heterocycles. The molecule has 0 radical (unpaired) electrons. The van der Waals surface area contributed by atoms with E-state index in [1.807, 2.05) is 18.4 Å². The SMILES string of the molecule is CN=C(NCCCCn1cnnc1)NCC(C)(C)OC.I. The summed E-state index contributed by atoms with van der Waals surface area (Å²) in [6.45, 7) is 6.61. The van der Waals surface area contributed by atoms with Crippen molar-refractivity contribution in [1.82, 2.24) is 25.4 Å². The van der Waals surface area contributed by atoms with E-state index in [0.29, 0.717) is 6.54 Å². The maximum atomic E-state index is 5.36. The number of hydrogen-bond donors (Lipinski definition) is 2. The van der Waals surface area contributed by atoms with E-state index in [1.165, 1.54) is 0 Å². The molecule has 1 rings (SSSR count). The molecule has 2 N–H and O–H groups in total. The number of methoxy groups -OCH3 is 1. The Kier molecular flexibility index (Phi) is 10.3. The van der Waals surface area contributed by atoms with Gasteiger partial charge in [0.2, 0.25) is 0 Å². The molecule has 0 saturated carbocycles. The van der Waals surface area contributed by atoms with Crippen molar-refractivity contribution in [2.45, 2.75) is 38.8 Å². The highest BCUT2D eigenvalue weighted by Crippen LogP contribution is 2.04. The van der Waals surface area contributed by atoms with Gasteiger partial charge in [0, 0.05) is 33.8 Å². The minimum absolute atomic E-state index is 0. The van der Waals surface area contributed by atoms with Crippen molar-refractivity contribution in [3.05, 3.63) is 12.7 Å². The van der Waals surface area contributed by atoms with Gasteiger partial charge in [-0.25, -0.2) is 0 Å². The van der Waals surface area contributed by atoms with Crippen LogP contribution in [0, 0.1) is 0 Å². The van der Waals surface area contributed by atoms with Gasteiger partial charge in [0.25, 0.3) is 0 Å². The van der Waals surface area contributed by atoms with E-state index < -0.39 is 0 Å². The zero-order chi connectivity index (χ0) is 14.8. The van der Waals surface area contributed by atoms with E-state index >= 15 is 0 Å². The van der Waals surface area contributed by atoms with Gasteiger partial charge in [-0.05, 0) is 26.7 Å². The fourth-order valence-electron chi connectivity index (χ4n) is 1.55. The van der Waals surface area contributed by atoms with E-state index in [2.05, 4.69) is 25.8 Å². The number of aryl methyl sites for hydroxylation is 1. The van der Waals surface area contributed by atoms with Crippen LogP contribution in [0.15, 0.2) is 17.6 Å². The van der Waals surface area contributed by atoms with Crippen LogP contribution in [0.25, 0.3) is 0 Å². The Bertz CT molecular complexity index is 393. The van der Waals surface area contributed by atoms with Gasteiger partial charge >= 0.3 is 0 Å². The number of unbranched alkanes of at least 4 members (excludes halogenated alkanes) is 1. The van der Waals surface area contributed by atoms with Crippen LogP contribution in [0.2, 0.25) is 0 Å². The first-order valence-electron chi connectivity index (χ1n) is 6.89. The van der Waals surface area contributed by atoms with Gasteiger partial charge in [-0.1, -0.05) is 0 Å². The normalized spacial score (nSPS) is 11.9. The first-order valence-corrected chi connectivity index (χ1v) is 6.89. The zero-order valence-corrected chi connectivity index (χ0v) is 15.6. The molecule has 0 aliphatic carbocycles. The number of halogens is 1. The average Bonchev–Trinajstić information content (AvgIpc) is 2.95. The van der Waals surface area contributed by atoms with Gasteiger partial charge in [0.05, 0.1) is 5.60 Å². The molecule has 1 aromatic heterocycles. The first kappa shape index (κ1) is 20.1. The smallest absolute Gasteiger partial charge is 0.191 e. The molecule has 1 aromatic rings. The molecular weight excluding hydrogens is 383 g/mol. The Morgan fingerprint density at radius 1 is 1.24 bits per heavy atom. The van der Waals surface area contributed by atoms with Crippen LogP contribution in [-0.4, -0.2) is 53.6 Å². The maximum Gasteiger partial charge on any atom is 0.191 e. The van der Waals surface area contributed by atoms with Gasteiger partial charge in [-0.2, -0.15) is 0 Å². The standard InChI is InChI=1S/C13H26N6O.HI/c1-13(2,20-4)9-16-12(14-3)15-7-5-6-8-19-10-17-18-11-19;/h10-11H,5-9H2,1-4H3,(H2,14,15,16);1H. The minimum Gasteiger partial charge on any atom is -0.377 e. The maximum absolute atomic E-state index is 5.36. The summed E-state index contributed by atoms with van der Waals surface area (Å²) in [5.41, 5.74) is -0.202. The second kappa shape index (κ2) is 10.8. The van der Waals surface area contributed by atoms with Gasteiger partial charge in [0.15, 0.2) is 5.96 Å². The van der Waals surface area contributed by atoms with Crippen molar-refractivity contribution in [2.24, 2.45) is 4.99 Å². The minimum atomic E-state index is -0.202. The summed E-state index contributed by atoms with van der Waals surface area (Å²) in [7, 11) is 3.48. The lowest BCUT2D eigenvalue weighted by atomic mass is 10.1. The quantitative estimate of drug-likeness (QED) is 0.292. The summed E-state index contributed by atoms with van der Waals surface area (Å²) >= 11 is 0. The summed E-state index contributed by atoms with van der Waals surface area (Å²) in [4.78, 5) is 4.19. The fourth-order valence-corrected chi connectivity index (χ4v) is 1.55. The molecule has 0 unspecified atom stereocenters.